The molecule has 1 aliphatic rings. The highest BCUT2D eigenvalue weighted by Crippen LogP contribution is 2.31. The van der Waals surface area contributed by atoms with Gasteiger partial charge in [-0.25, -0.2) is 0 Å². The molecule has 1 amide bonds. The van der Waals surface area contributed by atoms with E-state index in [0.717, 1.165) is 42.5 Å². The smallest absolute Gasteiger partial charge is 0.231 e. The van der Waals surface area contributed by atoms with Crippen molar-refractivity contribution in [3.63, 3.8) is 0 Å². The number of piperidine rings is 1. The molecular formula is C13H18BrN3O. The van der Waals surface area contributed by atoms with Gasteiger partial charge in [0.15, 0.2) is 0 Å². The van der Waals surface area contributed by atoms with Gasteiger partial charge in [-0.1, -0.05) is 6.92 Å². The third-order valence-electron chi connectivity index (χ3n) is 3.59. The number of halogens is 1. The van der Waals surface area contributed by atoms with Crippen molar-refractivity contribution in [1.82, 2.24) is 10.3 Å². The van der Waals surface area contributed by atoms with Crippen molar-refractivity contribution in [3.05, 3.63) is 22.9 Å². The summed E-state index contributed by atoms with van der Waals surface area (Å²) in [7, 11) is 0. The fraction of sp³-hybridized carbons (Fsp3) is 0.538. The van der Waals surface area contributed by atoms with E-state index in [0.29, 0.717) is 0 Å². The van der Waals surface area contributed by atoms with Crippen LogP contribution in [0.4, 0.5) is 5.69 Å². The first-order valence-electron chi connectivity index (χ1n) is 6.29. The van der Waals surface area contributed by atoms with Crippen LogP contribution in [0.25, 0.3) is 0 Å². The Balaban J connectivity index is 2.10. The third kappa shape index (κ3) is 2.90. The Hall–Kier alpha value is -0.940. The maximum atomic E-state index is 12.4. The zero-order valence-electron chi connectivity index (χ0n) is 10.5. The lowest BCUT2D eigenvalue weighted by Gasteiger charge is -2.35. The Kier molecular flexibility index (Phi) is 4.35. The summed E-state index contributed by atoms with van der Waals surface area (Å²) in [5, 5.41) is 6.29. The normalized spacial score (nSPS) is 23.7. The fourth-order valence-electron chi connectivity index (χ4n) is 2.37. The number of anilines is 1. The summed E-state index contributed by atoms with van der Waals surface area (Å²) in [6, 6.07) is 1.87. The molecule has 0 saturated carbocycles. The van der Waals surface area contributed by atoms with Gasteiger partial charge in [0.1, 0.15) is 0 Å². The minimum atomic E-state index is -0.277. The summed E-state index contributed by atoms with van der Waals surface area (Å²) < 4.78 is 0.868. The van der Waals surface area contributed by atoms with Crippen LogP contribution in [0.5, 0.6) is 0 Å². The van der Waals surface area contributed by atoms with Crippen LogP contribution in [0.2, 0.25) is 0 Å². The lowest BCUT2D eigenvalue weighted by molar-refractivity contribution is -0.126. The molecule has 4 nitrogen and oxygen atoms in total. The van der Waals surface area contributed by atoms with Crippen LogP contribution in [0.3, 0.4) is 0 Å². The van der Waals surface area contributed by atoms with Crippen LogP contribution < -0.4 is 10.6 Å². The topological polar surface area (TPSA) is 54.0 Å². The van der Waals surface area contributed by atoms with E-state index < -0.39 is 0 Å². The van der Waals surface area contributed by atoms with E-state index in [-0.39, 0.29) is 11.3 Å². The van der Waals surface area contributed by atoms with Crippen molar-refractivity contribution < 1.29 is 4.79 Å². The van der Waals surface area contributed by atoms with Crippen molar-refractivity contribution in [2.75, 3.05) is 18.4 Å². The van der Waals surface area contributed by atoms with Crippen LogP contribution in [0.1, 0.15) is 26.2 Å². The zero-order chi connectivity index (χ0) is 13.0. The number of hydrogen-bond donors (Lipinski definition) is 2. The maximum Gasteiger partial charge on any atom is 0.231 e. The van der Waals surface area contributed by atoms with Crippen LogP contribution in [0, 0.1) is 5.41 Å². The second-order valence-corrected chi connectivity index (χ2v) is 5.68. The second kappa shape index (κ2) is 5.80. The number of pyridine rings is 1. The highest BCUT2D eigenvalue weighted by atomic mass is 79.9. The van der Waals surface area contributed by atoms with Gasteiger partial charge in [-0.05, 0) is 47.8 Å². The molecule has 1 saturated heterocycles. The Morgan fingerprint density at radius 3 is 3.06 bits per heavy atom. The fourth-order valence-corrected chi connectivity index (χ4v) is 2.73. The number of amides is 1. The molecular weight excluding hydrogens is 294 g/mol. The van der Waals surface area contributed by atoms with E-state index >= 15 is 0 Å². The van der Waals surface area contributed by atoms with E-state index in [1.807, 2.05) is 6.07 Å². The van der Waals surface area contributed by atoms with Crippen molar-refractivity contribution >= 4 is 27.5 Å². The number of carbonyl (C=O) groups excluding carboxylic acids is 1. The molecule has 2 N–H and O–H groups in total. The van der Waals surface area contributed by atoms with Crippen molar-refractivity contribution in [1.29, 1.82) is 0 Å². The number of nitrogens with one attached hydrogen (secondary N) is 2. The Morgan fingerprint density at radius 1 is 1.61 bits per heavy atom. The van der Waals surface area contributed by atoms with Crippen LogP contribution in [0.15, 0.2) is 22.9 Å². The number of nitrogens with zero attached hydrogens (tertiary/aromatic N) is 1. The molecule has 1 fully saturated rings. The largest absolute Gasteiger partial charge is 0.324 e. The average Bonchev–Trinajstić information content (AvgIpc) is 2.39. The number of carbonyl (C=O) groups is 1. The Labute approximate surface area is 116 Å². The number of aromatic nitrogens is 1. The van der Waals surface area contributed by atoms with E-state index in [1.54, 1.807) is 12.4 Å². The molecule has 1 aromatic rings. The minimum absolute atomic E-state index is 0.0945. The van der Waals surface area contributed by atoms with Gasteiger partial charge in [0.2, 0.25) is 5.91 Å². The van der Waals surface area contributed by atoms with Crippen LogP contribution in [-0.4, -0.2) is 24.0 Å². The van der Waals surface area contributed by atoms with Crippen molar-refractivity contribution in [3.8, 4) is 0 Å². The summed E-state index contributed by atoms with van der Waals surface area (Å²) >= 11 is 3.35. The first-order valence-corrected chi connectivity index (χ1v) is 7.08. The first-order chi connectivity index (χ1) is 8.66. The van der Waals surface area contributed by atoms with Gasteiger partial charge in [-0.15, -0.1) is 0 Å². The summed E-state index contributed by atoms with van der Waals surface area (Å²) in [5.41, 5.74) is 0.466. The molecule has 1 aromatic heterocycles. The maximum absolute atomic E-state index is 12.4. The molecule has 0 spiro atoms. The molecule has 0 aliphatic carbocycles. The summed E-state index contributed by atoms with van der Waals surface area (Å²) in [5.74, 6) is 0.0945. The predicted octanol–water partition coefficient (Wildman–Crippen LogP) is 2.56. The van der Waals surface area contributed by atoms with Gasteiger partial charge >= 0.3 is 0 Å². The zero-order valence-corrected chi connectivity index (χ0v) is 12.1. The van der Waals surface area contributed by atoms with Gasteiger partial charge in [0, 0.05) is 17.2 Å². The molecule has 18 heavy (non-hydrogen) atoms. The monoisotopic (exact) mass is 311 g/mol. The molecule has 0 radical (unpaired) electrons. The molecule has 5 heteroatoms. The number of hydrogen-bond acceptors (Lipinski definition) is 3. The van der Waals surface area contributed by atoms with E-state index in [4.69, 9.17) is 0 Å². The van der Waals surface area contributed by atoms with Crippen molar-refractivity contribution in [2.24, 2.45) is 5.41 Å². The standard InChI is InChI=1S/C13H18BrN3O/c1-2-13(4-3-5-15-9-13)12(18)17-11-6-10(14)7-16-8-11/h6-8,15H,2-5,9H2,1H3,(H,17,18). The van der Waals surface area contributed by atoms with Gasteiger partial charge in [-0.3, -0.25) is 9.78 Å². The molecule has 1 atom stereocenters. The highest BCUT2D eigenvalue weighted by molar-refractivity contribution is 9.10. The van der Waals surface area contributed by atoms with E-state index in [1.165, 1.54) is 0 Å². The predicted molar refractivity (Wildman–Crippen MR) is 75.4 cm³/mol. The highest BCUT2D eigenvalue weighted by Gasteiger charge is 2.37. The van der Waals surface area contributed by atoms with Crippen LogP contribution in [-0.2, 0) is 4.79 Å². The SMILES string of the molecule is CCC1(C(=O)Nc2cncc(Br)c2)CCCNC1. The summed E-state index contributed by atoms with van der Waals surface area (Å²) in [6.45, 7) is 3.84. The molecule has 0 aromatic carbocycles. The van der Waals surface area contributed by atoms with Gasteiger partial charge < -0.3 is 10.6 Å². The number of rotatable bonds is 3. The quantitative estimate of drug-likeness (QED) is 0.902. The molecule has 0 bridgehead atoms. The third-order valence-corrected chi connectivity index (χ3v) is 4.03. The average molecular weight is 312 g/mol. The molecule has 2 heterocycles. The van der Waals surface area contributed by atoms with E-state index in [9.17, 15) is 4.79 Å². The first kappa shape index (κ1) is 13.5. The Bertz CT molecular complexity index is 430. The minimum Gasteiger partial charge on any atom is -0.324 e. The Morgan fingerprint density at radius 2 is 2.44 bits per heavy atom. The van der Waals surface area contributed by atoms with Crippen molar-refractivity contribution in [2.45, 2.75) is 26.2 Å². The summed E-state index contributed by atoms with van der Waals surface area (Å²) in [6.07, 6.45) is 6.23. The van der Waals surface area contributed by atoms with Gasteiger partial charge in [0.25, 0.3) is 0 Å². The molecule has 98 valence electrons. The van der Waals surface area contributed by atoms with Gasteiger partial charge in [0.05, 0.1) is 17.3 Å². The molecule has 1 unspecified atom stereocenters. The van der Waals surface area contributed by atoms with Crippen LogP contribution >= 0.6 is 15.9 Å². The van der Waals surface area contributed by atoms with Gasteiger partial charge in [-0.2, -0.15) is 0 Å². The second-order valence-electron chi connectivity index (χ2n) is 4.76. The molecule has 2 rings (SSSR count). The lowest BCUT2D eigenvalue weighted by atomic mass is 9.77. The summed E-state index contributed by atoms with van der Waals surface area (Å²) in [4.78, 5) is 16.5. The van der Waals surface area contributed by atoms with E-state index in [2.05, 4.69) is 38.5 Å². The molecule has 1 aliphatic heterocycles. The lowest BCUT2D eigenvalue weighted by Crippen LogP contribution is -2.47.